The van der Waals surface area contributed by atoms with E-state index in [2.05, 4.69) is 15.4 Å². The number of hydrogen-bond donors (Lipinski definition) is 2. The Morgan fingerprint density at radius 3 is 2.54 bits per heavy atom. The lowest BCUT2D eigenvalue weighted by molar-refractivity contribution is -0.141. The molecule has 3 N–H and O–H groups in total. The number of thiophene rings is 2. The second-order valence-electron chi connectivity index (χ2n) is 9.00. The summed E-state index contributed by atoms with van der Waals surface area (Å²) < 4.78 is 68.5. The number of hydrogen-bond acceptors (Lipinski definition) is 6. The molecular weight excluding hydrogens is 585 g/mol. The van der Waals surface area contributed by atoms with Gasteiger partial charge in [0.25, 0.3) is 12.3 Å². The summed E-state index contributed by atoms with van der Waals surface area (Å²) in [6.07, 6.45) is -6.61. The Balaban J connectivity index is 1.50. The number of nitrogens with two attached hydrogens (primary N) is 1. The second kappa shape index (κ2) is 10.1. The first kappa shape index (κ1) is 27.5. The van der Waals surface area contributed by atoms with Crippen molar-refractivity contribution in [2.24, 2.45) is 5.73 Å². The molecule has 1 aliphatic rings. The van der Waals surface area contributed by atoms with Crippen LogP contribution < -0.4 is 11.1 Å². The lowest BCUT2D eigenvalue weighted by atomic mass is 10.1. The molecule has 1 saturated carbocycles. The number of carbonyl (C=O) groups excluding carboxylic acids is 2. The highest BCUT2D eigenvalue weighted by atomic mass is 35.5. The molecule has 206 valence electrons. The normalized spacial score (nSPS) is 13.9. The number of anilines is 1. The summed E-state index contributed by atoms with van der Waals surface area (Å²) in [6.45, 7) is 1.64. The SMILES string of the molecule is Cc1ccc(-c2cc(C(F)F)nc3sc(C(N)=O)c(NC(=O)CCn4nc(C(F)(F)F)c(Cl)c4C4CC4)c23)s1. The van der Waals surface area contributed by atoms with Crippen LogP contribution in [0.2, 0.25) is 5.02 Å². The van der Waals surface area contributed by atoms with Gasteiger partial charge in [-0.25, -0.2) is 13.8 Å². The summed E-state index contributed by atoms with van der Waals surface area (Å²) in [6, 6.07) is 4.74. The van der Waals surface area contributed by atoms with Crippen LogP contribution in [0.1, 0.15) is 63.2 Å². The number of pyridine rings is 1. The monoisotopic (exact) mass is 603 g/mol. The Morgan fingerprint density at radius 1 is 1.26 bits per heavy atom. The van der Waals surface area contributed by atoms with Crippen molar-refractivity contribution >= 4 is 62.0 Å². The predicted octanol–water partition coefficient (Wildman–Crippen LogP) is 7.14. The number of carbonyl (C=O) groups is 2. The molecule has 0 aliphatic heterocycles. The lowest BCUT2D eigenvalue weighted by Crippen LogP contribution is -2.19. The van der Waals surface area contributed by atoms with E-state index < -0.39 is 40.8 Å². The molecule has 0 radical (unpaired) electrons. The van der Waals surface area contributed by atoms with Gasteiger partial charge in [0.1, 0.15) is 15.4 Å². The van der Waals surface area contributed by atoms with Crippen molar-refractivity contribution < 1.29 is 31.5 Å². The van der Waals surface area contributed by atoms with Gasteiger partial charge in [-0.05, 0) is 38.0 Å². The summed E-state index contributed by atoms with van der Waals surface area (Å²) >= 11 is 8.10. The number of alkyl halides is 5. The van der Waals surface area contributed by atoms with Crippen molar-refractivity contribution in [3.05, 3.63) is 50.1 Å². The highest BCUT2D eigenvalue weighted by Gasteiger charge is 2.42. The van der Waals surface area contributed by atoms with Gasteiger partial charge in [0.05, 0.1) is 22.9 Å². The van der Waals surface area contributed by atoms with Gasteiger partial charge in [-0.2, -0.15) is 18.3 Å². The summed E-state index contributed by atoms with van der Waals surface area (Å²) in [5.41, 5.74) is 4.43. The Kier molecular flexibility index (Phi) is 7.14. The summed E-state index contributed by atoms with van der Waals surface area (Å²) in [5, 5.41) is 6.04. The third-order valence-corrected chi connectivity index (χ3v) is 8.62. The van der Waals surface area contributed by atoms with E-state index in [-0.39, 0.29) is 45.4 Å². The van der Waals surface area contributed by atoms with E-state index in [1.165, 1.54) is 17.4 Å². The van der Waals surface area contributed by atoms with E-state index in [1.54, 1.807) is 12.1 Å². The molecule has 15 heteroatoms. The first-order valence-electron chi connectivity index (χ1n) is 11.6. The molecule has 0 saturated heterocycles. The van der Waals surface area contributed by atoms with Crippen molar-refractivity contribution in [2.75, 3.05) is 5.32 Å². The molecule has 0 unspecified atom stereocenters. The van der Waals surface area contributed by atoms with Crippen LogP contribution in [0.4, 0.5) is 27.6 Å². The molecular formula is C24H19ClF5N5O2S2. The van der Waals surface area contributed by atoms with E-state index in [4.69, 9.17) is 17.3 Å². The van der Waals surface area contributed by atoms with Crippen LogP contribution in [0, 0.1) is 6.92 Å². The largest absolute Gasteiger partial charge is 0.436 e. The molecule has 4 aromatic heterocycles. The lowest BCUT2D eigenvalue weighted by Gasteiger charge is -2.11. The number of amides is 2. The number of fused-ring (bicyclic) bond motifs is 1. The Bertz CT molecular complexity index is 1610. The number of aromatic nitrogens is 3. The van der Waals surface area contributed by atoms with Crippen LogP contribution in [-0.2, 0) is 17.5 Å². The van der Waals surface area contributed by atoms with E-state index in [9.17, 15) is 31.5 Å². The molecule has 0 bridgehead atoms. The molecule has 0 spiro atoms. The van der Waals surface area contributed by atoms with Gasteiger partial charge in [0.15, 0.2) is 5.69 Å². The molecule has 39 heavy (non-hydrogen) atoms. The number of primary amides is 1. The van der Waals surface area contributed by atoms with Crippen LogP contribution in [0.15, 0.2) is 18.2 Å². The number of halogens is 6. The molecule has 2 amide bonds. The van der Waals surface area contributed by atoms with Gasteiger partial charge < -0.3 is 11.1 Å². The van der Waals surface area contributed by atoms with Crippen LogP contribution in [0.25, 0.3) is 20.7 Å². The molecule has 7 nitrogen and oxygen atoms in total. The predicted molar refractivity (Wildman–Crippen MR) is 139 cm³/mol. The summed E-state index contributed by atoms with van der Waals surface area (Å²) in [5.74, 6) is -1.71. The zero-order chi connectivity index (χ0) is 28.2. The first-order chi connectivity index (χ1) is 18.3. The zero-order valence-electron chi connectivity index (χ0n) is 20.0. The quantitative estimate of drug-likeness (QED) is 0.209. The van der Waals surface area contributed by atoms with Crippen molar-refractivity contribution in [1.82, 2.24) is 14.8 Å². The number of aryl methyl sites for hydroxylation is 2. The first-order valence-corrected chi connectivity index (χ1v) is 13.6. The van der Waals surface area contributed by atoms with Crippen molar-refractivity contribution in [1.29, 1.82) is 0 Å². The van der Waals surface area contributed by atoms with Gasteiger partial charge in [-0.3, -0.25) is 14.3 Å². The van der Waals surface area contributed by atoms with E-state index >= 15 is 0 Å². The number of nitrogens with zero attached hydrogens (tertiary/aromatic N) is 3. The molecule has 4 aromatic rings. The smallest absolute Gasteiger partial charge is 0.365 e. The Hall–Kier alpha value is -3.10. The third kappa shape index (κ3) is 5.37. The second-order valence-corrected chi connectivity index (χ2v) is 11.7. The topological polar surface area (TPSA) is 103 Å². The van der Waals surface area contributed by atoms with Crippen molar-refractivity contribution in [3.8, 4) is 10.4 Å². The number of nitrogens with one attached hydrogen (secondary N) is 1. The third-order valence-electron chi connectivity index (χ3n) is 6.11. The van der Waals surface area contributed by atoms with E-state index in [0.29, 0.717) is 23.3 Å². The maximum Gasteiger partial charge on any atom is 0.436 e. The average molecular weight is 604 g/mol. The number of rotatable bonds is 8. The van der Waals surface area contributed by atoms with Gasteiger partial charge in [-0.15, -0.1) is 22.7 Å². The van der Waals surface area contributed by atoms with Gasteiger partial charge >= 0.3 is 6.18 Å². The van der Waals surface area contributed by atoms with E-state index in [1.807, 2.05) is 6.92 Å². The molecule has 0 atom stereocenters. The van der Waals surface area contributed by atoms with Crippen LogP contribution in [0.5, 0.6) is 0 Å². The van der Waals surface area contributed by atoms with Gasteiger partial charge in [-0.1, -0.05) is 11.6 Å². The standard InChI is InChI=1S/C24H19ClF5N5O2S2/c1-9-2-5-13(38-9)11-8-12(21(26)27)32-23-15(11)17(19(39-23)22(31)37)33-14(36)6-7-35-18(10-3-4-10)16(25)20(34-35)24(28,29)30/h2,5,8,10,21H,3-4,6-7H2,1H3,(H2,31,37)(H,33,36). The average Bonchev–Trinajstić information content (AvgIpc) is 3.32. The van der Waals surface area contributed by atoms with E-state index in [0.717, 1.165) is 20.9 Å². The minimum absolute atomic E-state index is 0.0127. The van der Waals surface area contributed by atoms with Gasteiger partial charge in [0.2, 0.25) is 5.91 Å². The maximum absolute atomic E-state index is 13.6. The fraction of sp³-hybridized carbons (Fsp3) is 0.333. The van der Waals surface area contributed by atoms with Crippen molar-refractivity contribution in [3.63, 3.8) is 0 Å². The highest BCUT2D eigenvalue weighted by molar-refractivity contribution is 7.21. The Labute approximate surface area is 230 Å². The van der Waals surface area contributed by atoms with Crippen LogP contribution in [-0.4, -0.2) is 26.6 Å². The minimum atomic E-state index is -4.75. The molecule has 5 rings (SSSR count). The molecule has 1 fully saturated rings. The fourth-order valence-electron chi connectivity index (χ4n) is 4.26. The highest BCUT2D eigenvalue weighted by Crippen LogP contribution is 2.47. The molecule has 1 aliphatic carbocycles. The molecule has 4 heterocycles. The van der Waals surface area contributed by atoms with Crippen LogP contribution in [0.3, 0.4) is 0 Å². The summed E-state index contributed by atoms with van der Waals surface area (Å²) in [7, 11) is 0. The maximum atomic E-state index is 13.6. The van der Waals surface area contributed by atoms with Crippen LogP contribution >= 0.6 is 34.3 Å². The fourth-order valence-corrected chi connectivity index (χ4v) is 6.56. The summed E-state index contributed by atoms with van der Waals surface area (Å²) in [4.78, 5) is 30.8. The minimum Gasteiger partial charge on any atom is -0.365 e. The molecule has 0 aromatic carbocycles. The Morgan fingerprint density at radius 2 is 1.97 bits per heavy atom. The van der Waals surface area contributed by atoms with Gasteiger partial charge in [0, 0.05) is 33.0 Å². The van der Waals surface area contributed by atoms with Crippen molar-refractivity contribution in [2.45, 2.75) is 51.3 Å². The zero-order valence-corrected chi connectivity index (χ0v) is 22.4.